The van der Waals surface area contributed by atoms with Crippen LogP contribution in [0.3, 0.4) is 0 Å². The van der Waals surface area contributed by atoms with Crippen molar-refractivity contribution in [2.45, 2.75) is 6.92 Å². The van der Waals surface area contributed by atoms with Gasteiger partial charge in [0, 0.05) is 38.3 Å². The van der Waals surface area contributed by atoms with Gasteiger partial charge in [0.05, 0.1) is 0 Å². The molecule has 142 valence electrons. The molecule has 0 saturated heterocycles. The molecule has 1 aromatic heterocycles. The zero-order valence-electron chi connectivity index (χ0n) is 14.8. The van der Waals surface area contributed by atoms with Crippen molar-refractivity contribution in [3.63, 3.8) is 0 Å². The second-order valence-electron chi connectivity index (χ2n) is 5.89. The van der Waals surface area contributed by atoms with Crippen LogP contribution in [0.25, 0.3) is 5.69 Å². The number of hydrazone groups is 1. The molecule has 0 saturated carbocycles. The third-order valence-electron chi connectivity index (χ3n) is 3.81. The van der Waals surface area contributed by atoms with Crippen LogP contribution in [0.15, 0.2) is 81.0 Å². The minimum absolute atomic E-state index is 0.133. The third kappa shape index (κ3) is 5.17. The summed E-state index contributed by atoms with van der Waals surface area (Å²) in [5, 5.41) is 6.62. The fraction of sp³-hybridized carbons (Fsp3) is 0.0500. The van der Waals surface area contributed by atoms with Crippen LogP contribution in [0, 0.1) is 0 Å². The zero-order chi connectivity index (χ0) is 20.1. The largest absolute Gasteiger partial charge is 0.324 e. The highest BCUT2D eigenvalue weighted by Gasteiger charge is 2.10. The van der Waals surface area contributed by atoms with Crippen LogP contribution < -0.4 is 10.7 Å². The van der Waals surface area contributed by atoms with E-state index in [2.05, 4.69) is 47.7 Å². The summed E-state index contributed by atoms with van der Waals surface area (Å²) in [6.45, 7) is 1.53. The van der Waals surface area contributed by atoms with Crippen LogP contribution in [0.2, 0.25) is 0 Å². The average Bonchev–Trinajstić information content (AvgIpc) is 3.20. The van der Waals surface area contributed by atoms with E-state index in [1.807, 2.05) is 47.3 Å². The number of rotatable bonds is 5. The van der Waals surface area contributed by atoms with Gasteiger partial charge in [0.1, 0.15) is 5.71 Å². The maximum atomic E-state index is 12.2. The molecule has 0 radical (unpaired) electrons. The highest BCUT2D eigenvalue weighted by molar-refractivity contribution is 9.11. The molecule has 0 fully saturated rings. The number of halogens is 2. The molecular weight excluding hydrogens is 488 g/mol. The molecule has 3 aromatic rings. The quantitative estimate of drug-likeness (QED) is 0.389. The Morgan fingerprint density at radius 3 is 2.18 bits per heavy atom. The number of carbonyl (C=O) groups is 2. The lowest BCUT2D eigenvalue weighted by Gasteiger charge is -2.07. The molecule has 0 aliphatic heterocycles. The number of benzene rings is 2. The summed E-state index contributed by atoms with van der Waals surface area (Å²) in [4.78, 5) is 24.5. The van der Waals surface area contributed by atoms with Crippen molar-refractivity contribution < 1.29 is 9.59 Å². The SMILES string of the molecule is C/C(=N\NC(=O)c1ccc(-n2cccc2)cc1)C(=O)Nc1cc(Br)cc(Br)c1. The van der Waals surface area contributed by atoms with E-state index in [1.165, 1.54) is 6.92 Å². The lowest BCUT2D eigenvalue weighted by molar-refractivity contribution is -0.110. The van der Waals surface area contributed by atoms with Gasteiger partial charge >= 0.3 is 0 Å². The molecule has 2 aromatic carbocycles. The van der Waals surface area contributed by atoms with Gasteiger partial charge in [0.25, 0.3) is 11.8 Å². The Hall–Kier alpha value is -2.71. The highest BCUT2D eigenvalue weighted by Crippen LogP contribution is 2.23. The van der Waals surface area contributed by atoms with Gasteiger partial charge in [-0.25, -0.2) is 5.43 Å². The van der Waals surface area contributed by atoms with Crippen molar-refractivity contribution in [3.8, 4) is 5.69 Å². The van der Waals surface area contributed by atoms with Crippen molar-refractivity contribution in [2.24, 2.45) is 5.10 Å². The fourth-order valence-corrected chi connectivity index (χ4v) is 3.68. The minimum atomic E-state index is -0.409. The number of carbonyl (C=O) groups excluding carboxylic acids is 2. The Bertz CT molecular complexity index is 1010. The predicted octanol–water partition coefficient (Wildman–Crippen LogP) is 4.75. The summed E-state index contributed by atoms with van der Waals surface area (Å²) in [6, 6.07) is 16.3. The van der Waals surface area contributed by atoms with E-state index in [1.54, 1.807) is 24.3 Å². The molecule has 28 heavy (non-hydrogen) atoms. The van der Waals surface area contributed by atoms with Gasteiger partial charge in [-0.2, -0.15) is 5.10 Å². The van der Waals surface area contributed by atoms with E-state index < -0.39 is 11.8 Å². The number of nitrogens with zero attached hydrogens (tertiary/aromatic N) is 2. The molecule has 0 aliphatic rings. The maximum absolute atomic E-state index is 12.2. The average molecular weight is 504 g/mol. The van der Waals surface area contributed by atoms with Crippen molar-refractivity contribution in [1.29, 1.82) is 0 Å². The minimum Gasteiger partial charge on any atom is -0.324 e. The van der Waals surface area contributed by atoms with Gasteiger partial charge in [-0.15, -0.1) is 0 Å². The number of hydrogen-bond acceptors (Lipinski definition) is 3. The summed E-state index contributed by atoms with van der Waals surface area (Å²) < 4.78 is 3.58. The van der Waals surface area contributed by atoms with E-state index in [9.17, 15) is 9.59 Å². The van der Waals surface area contributed by atoms with Gasteiger partial charge < -0.3 is 9.88 Å². The molecule has 0 aliphatic carbocycles. The molecule has 1 heterocycles. The number of anilines is 1. The number of nitrogens with one attached hydrogen (secondary N) is 2. The first-order valence-electron chi connectivity index (χ1n) is 8.28. The second-order valence-corrected chi connectivity index (χ2v) is 7.72. The summed E-state index contributed by atoms with van der Waals surface area (Å²) in [6.07, 6.45) is 3.84. The molecule has 0 bridgehead atoms. The summed E-state index contributed by atoms with van der Waals surface area (Å²) in [5.41, 5.74) is 4.54. The van der Waals surface area contributed by atoms with Gasteiger partial charge in [0.15, 0.2) is 0 Å². The van der Waals surface area contributed by atoms with Crippen LogP contribution in [-0.4, -0.2) is 22.1 Å². The topological polar surface area (TPSA) is 75.5 Å². The smallest absolute Gasteiger partial charge is 0.271 e. The Balaban J connectivity index is 1.61. The van der Waals surface area contributed by atoms with Crippen LogP contribution in [0.4, 0.5) is 5.69 Å². The first-order chi connectivity index (χ1) is 13.4. The summed E-state index contributed by atoms with van der Waals surface area (Å²) >= 11 is 6.73. The van der Waals surface area contributed by atoms with Crippen molar-refractivity contribution in [2.75, 3.05) is 5.32 Å². The molecule has 0 unspecified atom stereocenters. The Kier molecular flexibility index (Phi) is 6.43. The number of hydrogen-bond donors (Lipinski definition) is 2. The van der Waals surface area contributed by atoms with Crippen LogP contribution in [0.5, 0.6) is 0 Å². The molecular formula is C20H16Br2N4O2. The zero-order valence-corrected chi connectivity index (χ0v) is 18.0. The van der Waals surface area contributed by atoms with Crippen molar-refractivity contribution >= 4 is 55.1 Å². The summed E-state index contributed by atoms with van der Waals surface area (Å²) in [7, 11) is 0. The lowest BCUT2D eigenvalue weighted by atomic mass is 10.2. The molecule has 8 heteroatoms. The maximum Gasteiger partial charge on any atom is 0.271 e. The highest BCUT2D eigenvalue weighted by atomic mass is 79.9. The Morgan fingerprint density at radius 2 is 1.57 bits per heavy atom. The summed E-state index contributed by atoms with van der Waals surface area (Å²) in [5.74, 6) is -0.801. The van der Waals surface area contributed by atoms with E-state index >= 15 is 0 Å². The van der Waals surface area contributed by atoms with Gasteiger partial charge in [-0.1, -0.05) is 31.9 Å². The molecule has 2 amide bonds. The molecule has 0 atom stereocenters. The van der Waals surface area contributed by atoms with Crippen LogP contribution in [-0.2, 0) is 4.79 Å². The van der Waals surface area contributed by atoms with Crippen LogP contribution in [0.1, 0.15) is 17.3 Å². The van der Waals surface area contributed by atoms with Crippen molar-refractivity contribution in [1.82, 2.24) is 9.99 Å². The monoisotopic (exact) mass is 502 g/mol. The fourth-order valence-electron chi connectivity index (χ4n) is 2.39. The first-order valence-corrected chi connectivity index (χ1v) is 9.86. The molecule has 2 N–H and O–H groups in total. The molecule has 3 rings (SSSR count). The second kappa shape index (κ2) is 8.99. The number of aromatic nitrogens is 1. The predicted molar refractivity (Wildman–Crippen MR) is 117 cm³/mol. The first kappa shape index (κ1) is 20.0. The molecule has 0 spiro atoms. The standard InChI is InChI=1S/C20H16Br2N4O2/c1-13(19(27)23-17-11-15(21)10-16(22)12-17)24-25-20(28)14-4-6-18(7-5-14)26-8-2-3-9-26/h2-12H,1H3,(H,23,27)(H,25,28)/b24-13+. The van der Waals surface area contributed by atoms with E-state index in [-0.39, 0.29) is 5.71 Å². The Labute approximate surface area is 178 Å². The number of amides is 2. The van der Waals surface area contributed by atoms with Gasteiger partial charge in [-0.3, -0.25) is 9.59 Å². The van der Waals surface area contributed by atoms with E-state index in [0.29, 0.717) is 11.3 Å². The van der Waals surface area contributed by atoms with Crippen LogP contribution >= 0.6 is 31.9 Å². The van der Waals surface area contributed by atoms with Crippen molar-refractivity contribution in [3.05, 3.63) is 81.5 Å². The van der Waals surface area contributed by atoms with Gasteiger partial charge in [-0.05, 0) is 61.5 Å². The normalized spacial score (nSPS) is 11.2. The van der Waals surface area contributed by atoms with Gasteiger partial charge in [0.2, 0.25) is 0 Å². The Morgan fingerprint density at radius 1 is 0.964 bits per heavy atom. The third-order valence-corrected chi connectivity index (χ3v) is 4.72. The van der Waals surface area contributed by atoms with E-state index in [0.717, 1.165) is 14.6 Å². The lowest BCUT2D eigenvalue weighted by Crippen LogP contribution is -2.25. The van der Waals surface area contributed by atoms with E-state index in [4.69, 9.17) is 0 Å². The molecule has 6 nitrogen and oxygen atoms in total.